The number of aromatic hydroxyl groups is 1. The number of pyridine rings is 1. The highest BCUT2D eigenvalue weighted by molar-refractivity contribution is 9.10. The normalized spacial score (nSPS) is 10.9. The topological polar surface area (TPSA) is 93.0 Å². The zero-order valence-electron chi connectivity index (χ0n) is 15.1. The summed E-state index contributed by atoms with van der Waals surface area (Å²) < 4.78 is 11.4. The van der Waals surface area contributed by atoms with Crippen LogP contribution in [0.5, 0.6) is 17.2 Å². The molecule has 144 valence electrons. The van der Waals surface area contributed by atoms with Crippen molar-refractivity contribution in [3.05, 3.63) is 58.7 Å². The van der Waals surface area contributed by atoms with Crippen molar-refractivity contribution >= 4 is 39.0 Å². The predicted molar refractivity (Wildman–Crippen MR) is 110 cm³/mol. The number of fused-ring (bicyclic) bond motifs is 1. The molecule has 0 radical (unpaired) electrons. The summed E-state index contributed by atoms with van der Waals surface area (Å²) in [7, 11) is 0. The number of aromatic nitrogens is 1. The van der Waals surface area contributed by atoms with Gasteiger partial charge in [0.25, 0.3) is 5.91 Å². The van der Waals surface area contributed by atoms with Crippen LogP contribution in [0.25, 0.3) is 10.9 Å². The van der Waals surface area contributed by atoms with Gasteiger partial charge in [-0.3, -0.25) is 9.78 Å². The first kappa shape index (κ1) is 19.6. The average Bonchev–Trinajstić information content (AvgIpc) is 2.70. The van der Waals surface area contributed by atoms with Crippen molar-refractivity contribution in [1.29, 1.82) is 0 Å². The lowest BCUT2D eigenvalue weighted by Gasteiger charge is -2.08. The van der Waals surface area contributed by atoms with E-state index in [0.29, 0.717) is 33.7 Å². The Labute approximate surface area is 170 Å². The molecule has 0 bridgehead atoms. The highest BCUT2D eigenvalue weighted by atomic mass is 79.9. The number of hydrogen-bond acceptors (Lipinski definition) is 6. The Morgan fingerprint density at radius 3 is 2.89 bits per heavy atom. The first-order valence-corrected chi connectivity index (χ1v) is 9.31. The Morgan fingerprint density at radius 2 is 2.07 bits per heavy atom. The molecule has 1 heterocycles. The first-order chi connectivity index (χ1) is 13.6. The lowest BCUT2D eigenvalue weighted by Crippen LogP contribution is -2.24. The second-order valence-corrected chi connectivity index (χ2v) is 6.55. The molecule has 2 aromatic carbocycles. The van der Waals surface area contributed by atoms with E-state index in [9.17, 15) is 9.90 Å². The van der Waals surface area contributed by atoms with Crippen LogP contribution in [0.3, 0.4) is 0 Å². The van der Waals surface area contributed by atoms with Gasteiger partial charge < -0.3 is 14.6 Å². The number of phenolic OH excluding ortho intramolecular Hbond substituents is 1. The van der Waals surface area contributed by atoms with Crippen molar-refractivity contribution in [2.24, 2.45) is 5.10 Å². The third-order valence-electron chi connectivity index (χ3n) is 3.71. The van der Waals surface area contributed by atoms with Gasteiger partial charge in [0, 0.05) is 11.6 Å². The maximum atomic E-state index is 12.0. The third kappa shape index (κ3) is 4.77. The standard InChI is InChI=1S/C20H18BrN3O4/c1-2-27-17-10-13(9-15(21)20(17)26)11-23-24-18(25)12-28-16-7-3-5-14-6-4-8-22-19(14)16/h3-11,26H,2,12H2,1H3,(H,24,25)/b23-11-. The molecule has 3 aromatic rings. The molecule has 7 nitrogen and oxygen atoms in total. The van der Waals surface area contributed by atoms with Gasteiger partial charge in [-0.1, -0.05) is 18.2 Å². The van der Waals surface area contributed by atoms with Crippen LogP contribution in [0.15, 0.2) is 58.2 Å². The van der Waals surface area contributed by atoms with E-state index in [2.05, 4.69) is 31.4 Å². The molecule has 2 N–H and O–H groups in total. The molecule has 0 saturated heterocycles. The van der Waals surface area contributed by atoms with Gasteiger partial charge in [0.1, 0.15) is 11.3 Å². The van der Waals surface area contributed by atoms with Gasteiger partial charge in [0.2, 0.25) is 0 Å². The molecule has 0 aliphatic carbocycles. The fourth-order valence-electron chi connectivity index (χ4n) is 2.48. The molecule has 0 spiro atoms. The molecular formula is C20H18BrN3O4. The zero-order valence-corrected chi connectivity index (χ0v) is 16.6. The van der Waals surface area contributed by atoms with Gasteiger partial charge in [-0.25, -0.2) is 5.43 Å². The minimum atomic E-state index is -0.410. The first-order valence-electron chi connectivity index (χ1n) is 8.52. The van der Waals surface area contributed by atoms with E-state index in [0.717, 1.165) is 5.39 Å². The molecule has 28 heavy (non-hydrogen) atoms. The fourth-order valence-corrected chi connectivity index (χ4v) is 2.94. The van der Waals surface area contributed by atoms with Gasteiger partial charge in [0.05, 0.1) is 17.3 Å². The number of benzene rings is 2. The summed E-state index contributed by atoms with van der Waals surface area (Å²) in [5.74, 6) is 0.463. The van der Waals surface area contributed by atoms with Gasteiger partial charge in [-0.15, -0.1) is 0 Å². The number of para-hydroxylation sites is 1. The number of phenols is 1. The average molecular weight is 444 g/mol. The summed E-state index contributed by atoms with van der Waals surface area (Å²) in [6, 6.07) is 12.6. The van der Waals surface area contributed by atoms with Crippen molar-refractivity contribution < 1.29 is 19.4 Å². The number of carbonyl (C=O) groups is 1. The summed E-state index contributed by atoms with van der Waals surface area (Å²) in [5.41, 5.74) is 3.74. The summed E-state index contributed by atoms with van der Waals surface area (Å²) in [4.78, 5) is 16.3. The lowest BCUT2D eigenvalue weighted by atomic mass is 10.2. The smallest absolute Gasteiger partial charge is 0.277 e. The number of nitrogens with one attached hydrogen (secondary N) is 1. The van der Waals surface area contributed by atoms with Gasteiger partial charge in [-0.05, 0) is 52.7 Å². The SMILES string of the molecule is CCOc1cc(/C=N\NC(=O)COc2cccc3cccnc23)cc(Br)c1O. The number of hydrogen-bond donors (Lipinski definition) is 2. The van der Waals surface area contributed by atoms with E-state index in [1.54, 1.807) is 24.4 Å². The minimum absolute atomic E-state index is 0.0140. The van der Waals surface area contributed by atoms with Crippen LogP contribution < -0.4 is 14.9 Å². The minimum Gasteiger partial charge on any atom is -0.503 e. The fraction of sp³-hybridized carbons (Fsp3) is 0.150. The van der Waals surface area contributed by atoms with E-state index in [-0.39, 0.29) is 12.4 Å². The Kier molecular flexibility index (Phi) is 6.44. The molecule has 0 aliphatic rings. The van der Waals surface area contributed by atoms with E-state index < -0.39 is 5.91 Å². The van der Waals surface area contributed by atoms with Gasteiger partial charge in [0.15, 0.2) is 18.1 Å². The van der Waals surface area contributed by atoms with Crippen LogP contribution in [0.1, 0.15) is 12.5 Å². The monoisotopic (exact) mass is 443 g/mol. The largest absolute Gasteiger partial charge is 0.503 e. The van der Waals surface area contributed by atoms with E-state index in [4.69, 9.17) is 9.47 Å². The van der Waals surface area contributed by atoms with Crippen LogP contribution in [-0.4, -0.2) is 35.4 Å². The Hall–Kier alpha value is -3.13. The van der Waals surface area contributed by atoms with Crippen molar-refractivity contribution in [1.82, 2.24) is 10.4 Å². The zero-order chi connectivity index (χ0) is 19.9. The van der Waals surface area contributed by atoms with Crippen molar-refractivity contribution in [2.75, 3.05) is 13.2 Å². The van der Waals surface area contributed by atoms with E-state index in [1.165, 1.54) is 6.21 Å². The summed E-state index contributed by atoms with van der Waals surface area (Å²) in [6.45, 7) is 2.04. The molecule has 0 aliphatic heterocycles. The number of halogens is 1. The summed E-state index contributed by atoms with van der Waals surface area (Å²) in [5, 5.41) is 14.8. The molecule has 0 fully saturated rings. The molecule has 0 saturated carbocycles. The molecule has 0 unspecified atom stereocenters. The molecule has 1 aromatic heterocycles. The lowest BCUT2D eigenvalue weighted by molar-refractivity contribution is -0.123. The van der Waals surface area contributed by atoms with Gasteiger partial charge in [-0.2, -0.15) is 5.10 Å². The van der Waals surface area contributed by atoms with Crippen molar-refractivity contribution in [2.45, 2.75) is 6.92 Å². The highest BCUT2D eigenvalue weighted by Crippen LogP contribution is 2.35. The van der Waals surface area contributed by atoms with Crippen LogP contribution in [0.2, 0.25) is 0 Å². The van der Waals surface area contributed by atoms with Crippen LogP contribution in [0.4, 0.5) is 0 Å². The van der Waals surface area contributed by atoms with Gasteiger partial charge >= 0.3 is 0 Å². The van der Waals surface area contributed by atoms with E-state index >= 15 is 0 Å². The molecule has 3 rings (SSSR count). The molecule has 8 heteroatoms. The number of amides is 1. The predicted octanol–water partition coefficient (Wildman–Crippen LogP) is 3.63. The second-order valence-electron chi connectivity index (χ2n) is 5.70. The second kappa shape index (κ2) is 9.18. The molecular weight excluding hydrogens is 426 g/mol. The highest BCUT2D eigenvalue weighted by Gasteiger charge is 2.09. The third-order valence-corrected chi connectivity index (χ3v) is 4.31. The molecule has 1 amide bonds. The van der Waals surface area contributed by atoms with Crippen LogP contribution in [-0.2, 0) is 4.79 Å². The van der Waals surface area contributed by atoms with Crippen molar-refractivity contribution in [3.8, 4) is 17.2 Å². The molecule has 0 atom stereocenters. The van der Waals surface area contributed by atoms with Crippen LogP contribution >= 0.6 is 15.9 Å². The Balaban J connectivity index is 1.60. The Bertz CT molecular complexity index is 1020. The quantitative estimate of drug-likeness (QED) is 0.429. The van der Waals surface area contributed by atoms with Crippen LogP contribution in [0, 0.1) is 0 Å². The number of carbonyl (C=O) groups excluding carboxylic acids is 1. The van der Waals surface area contributed by atoms with E-state index in [1.807, 2.05) is 31.2 Å². The summed E-state index contributed by atoms with van der Waals surface area (Å²) in [6.07, 6.45) is 3.12. The number of nitrogens with zero attached hydrogens (tertiary/aromatic N) is 2. The number of ether oxygens (including phenoxy) is 2. The number of hydrazone groups is 1. The van der Waals surface area contributed by atoms with Crippen molar-refractivity contribution in [3.63, 3.8) is 0 Å². The maximum absolute atomic E-state index is 12.0. The summed E-state index contributed by atoms with van der Waals surface area (Å²) >= 11 is 3.25. The number of rotatable bonds is 7. The maximum Gasteiger partial charge on any atom is 0.277 e. The Morgan fingerprint density at radius 1 is 1.25 bits per heavy atom.